The van der Waals surface area contributed by atoms with E-state index in [1.807, 2.05) is 18.2 Å². The van der Waals surface area contributed by atoms with E-state index in [1.54, 1.807) is 6.92 Å². The minimum absolute atomic E-state index is 0.0238. The molecule has 0 saturated carbocycles. The first kappa shape index (κ1) is 15.9. The van der Waals surface area contributed by atoms with Crippen molar-refractivity contribution in [2.24, 2.45) is 5.92 Å². The highest BCUT2D eigenvalue weighted by molar-refractivity contribution is 7.99. The van der Waals surface area contributed by atoms with Crippen molar-refractivity contribution < 1.29 is 13.9 Å². The van der Waals surface area contributed by atoms with E-state index in [0.717, 1.165) is 18.6 Å². The van der Waals surface area contributed by atoms with Crippen LogP contribution in [-0.2, 0) is 11.2 Å². The summed E-state index contributed by atoms with van der Waals surface area (Å²) in [6.07, 6.45) is 1.86. The number of carbonyl (C=O) groups is 1. The highest BCUT2D eigenvalue weighted by atomic mass is 32.2. The van der Waals surface area contributed by atoms with Crippen LogP contribution in [0.5, 0.6) is 5.75 Å². The van der Waals surface area contributed by atoms with Gasteiger partial charge in [0, 0.05) is 13.5 Å². The molecule has 0 aliphatic carbocycles. The Morgan fingerprint density at radius 1 is 1.39 bits per heavy atom. The quantitative estimate of drug-likeness (QED) is 0.846. The minimum atomic E-state index is -0.0238. The number of benzene rings is 1. The van der Waals surface area contributed by atoms with Crippen molar-refractivity contribution in [2.75, 3.05) is 18.9 Å². The monoisotopic (exact) mass is 333 g/mol. The smallest absolute Gasteiger partial charge is 0.277 e. The SMILES string of the molecule is Cc1nnc(SCC(=O)NCC2CCOc3ccccc3C2)o1. The zero-order valence-corrected chi connectivity index (χ0v) is 13.8. The zero-order chi connectivity index (χ0) is 16.1. The number of nitrogens with one attached hydrogen (secondary N) is 1. The number of thioether (sulfide) groups is 1. The summed E-state index contributed by atoms with van der Waals surface area (Å²) < 4.78 is 11.0. The van der Waals surface area contributed by atoms with Crippen LogP contribution in [0.4, 0.5) is 0 Å². The average molecular weight is 333 g/mol. The van der Waals surface area contributed by atoms with Gasteiger partial charge in [0.25, 0.3) is 5.22 Å². The minimum Gasteiger partial charge on any atom is -0.493 e. The van der Waals surface area contributed by atoms with Gasteiger partial charge in [-0.15, -0.1) is 10.2 Å². The predicted octanol–water partition coefficient (Wildman–Crippen LogP) is 2.23. The molecule has 23 heavy (non-hydrogen) atoms. The van der Waals surface area contributed by atoms with Gasteiger partial charge in [-0.2, -0.15) is 0 Å². The molecule has 1 aliphatic rings. The molecular formula is C16H19N3O3S. The van der Waals surface area contributed by atoms with Gasteiger partial charge in [-0.1, -0.05) is 30.0 Å². The van der Waals surface area contributed by atoms with E-state index in [1.165, 1.54) is 17.3 Å². The number of ether oxygens (including phenoxy) is 1. The maximum Gasteiger partial charge on any atom is 0.277 e. The van der Waals surface area contributed by atoms with Gasteiger partial charge in [0.05, 0.1) is 12.4 Å². The molecule has 122 valence electrons. The summed E-state index contributed by atoms with van der Waals surface area (Å²) in [6.45, 7) is 3.07. The largest absolute Gasteiger partial charge is 0.493 e. The molecule has 6 nitrogen and oxygen atoms in total. The molecule has 0 fully saturated rings. The molecule has 1 N–H and O–H groups in total. The predicted molar refractivity (Wildman–Crippen MR) is 86.5 cm³/mol. The number of amides is 1. The van der Waals surface area contributed by atoms with Gasteiger partial charge in [0.15, 0.2) is 0 Å². The molecular weight excluding hydrogens is 314 g/mol. The topological polar surface area (TPSA) is 77.2 Å². The molecule has 1 aromatic carbocycles. The second-order valence-corrected chi connectivity index (χ2v) is 6.42. The van der Waals surface area contributed by atoms with Gasteiger partial charge in [0.1, 0.15) is 5.75 Å². The number of hydrogen-bond acceptors (Lipinski definition) is 6. The van der Waals surface area contributed by atoms with Gasteiger partial charge in [-0.25, -0.2) is 0 Å². The van der Waals surface area contributed by atoms with Crippen molar-refractivity contribution in [1.82, 2.24) is 15.5 Å². The Balaban J connectivity index is 1.45. The van der Waals surface area contributed by atoms with E-state index in [9.17, 15) is 4.79 Å². The number of para-hydroxylation sites is 1. The van der Waals surface area contributed by atoms with Gasteiger partial charge in [0.2, 0.25) is 11.8 Å². The second-order valence-electron chi connectivity index (χ2n) is 5.49. The highest BCUT2D eigenvalue weighted by Crippen LogP contribution is 2.26. The third-order valence-electron chi connectivity index (χ3n) is 3.69. The number of fused-ring (bicyclic) bond motifs is 1. The van der Waals surface area contributed by atoms with Crippen LogP contribution in [0.2, 0.25) is 0 Å². The summed E-state index contributed by atoms with van der Waals surface area (Å²) in [7, 11) is 0. The maximum absolute atomic E-state index is 11.9. The number of aryl methyl sites for hydroxylation is 1. The van der Waals surface area contributed by atoms with E-state index in [0.29, 0.717) is 30.2 Å². The summed E-state index contributed by atoms with van der Waals surface area (Å²) in [6, 6.07) is 8.09. The van der Waals surface area contributed by atoms with E-state index in [-0.39, 0.29) is 11.7 Å². The van der Waals surface area contributed by atoms with Crippen LogP contribution < -0.4 is 10.1 Å². The Labute approximate surface area is 139 Å². The van der Waals surface area contributed by atoms with E-state index >= 15 is 0 Å². The molecule has 2 aromatic rings. The third kappa shape index (κ3) is 4.48. The molecule has 7 heteroatoms. The van der Waals surface area contributed by atoms with Gasteiger partial charge >= 0.3 is 0 Å². The molecule has 1 aliphatic heterocycles. The van der Waals surface area contributed by atoms with Gasteiger partial charge in [-0.3, -0.25) is 4.79 Å². The van der Waals surface area contributed by atoms with Crippen LogP contribution in [0.15, 0.2) is 33.9 Å². The number of nitrogens with zero attached hydrogens (tertiary/aromatic N) is 2. The first-order chi connectivity index (χ1) is 11.2. The van der Waals surface area contributed by atoms with E-state index in [4.69, 9.17) is 9.15 Å². The molecule has 1 aromatic heterocycles. The average Bonchev–Trinajstić information content (AvgIpc) is 2.86. The Kier molecular flexibility index (Phi) is 5.17. The Morgan fingerprint density at radius 2 is 2.26 bits per heavy atom. The molecule has 0 spiro atoms. The molecule has 0 bridgehead atoms. The molecule has 3 rings (SSSR count). The Hall–Kier alpha value is -2.02. The normalized spacial score (nSPS) is 17.0. The molecule has 1 unspecified atom stereocenters. The first-order valence-electron chi connectivity index (χ1n) is 7.61. The summed E-state index contributed by atoms with van der Waals surface area (Å²) in [4.78, 5) is 11.9. The maximum atomic E-state index is 11.9. The zero-order valence-electron chi connectivity index (χ0n) is 12.9. The molecule has 0 saturated heterocycles. The van der Waals surface area contributed by atoms with Crippen molar-refractivity contribution in [2.45, 2.75) is 25.0 Å². The molecule has 2 heterocycles. The van der Waals surface area contributed by atoms with Crippen LogP contribution in [0, 0.1) is 12.8 Å². The number of carbonyl (C=O) groups excluding carboxylic acids is 1. The van der Waals surface area contributed by atoms with E-state index in [2.05, 4.69) is 21.6 Å². The van der Waals surface area contributed by atoms with Crippen molar-refractivity contribution in [3.8, 4) is 5.75 Å². The van der Waals surface area contributed by atoms with Crippen LogP contribution in [-0.4, -0.2) is 35.0 Å². The van der Waals surface area contributed by atoms with E-state index < -0.39 is 0 Å². The standard InChI is InChI=1S/C16H19N3O3S/c1-11-18-19-16(22-11)23-10-15(20)17-9-12-6-7-21-14-5-3-2-4-13(14)8-12/h2-5,12H,6-10H2,1H3,(H,17,20). The lowest BCUT2D eigenvalue weighted by Gasteiger charge is -2.14. The van der Waals surface area contributed by atoms with Gasteiger partial charge in [-0.05, 0) is 30.4 Å². The van der Waals surface area contributed by atoms with Crippen LogP contribution in [0.25, 0.3) is 0 Å². The van der Waals surface area contributed by atoms with Crippen molar-refractivity contribution in [3.63, 3.8) is 0 Å². The summed E-state index contributed by atoms with van der Waals surface area (Å²) in [5.41, 5.74) is 1.21. The number of rotatable bonds is 5. The summed E-state index contributed by atoms with van der Waals surface area (Å²) in [5.74, 6) is 2.11. The lowest BCUT2D eigenvalue weighted by Crippen LogP contribution is -2.31. The fourth-order valence-electron chi connectivity index (χ4n) is 2.51. The lowest BCUT2D eigenvalue weighted by atomic mass is 9.97. The summed E-state index contributed by atoms with van der Waals surface area (Å²) >= 11 is 1.25. The van der Waals surface area contributed by atoms with Crippen LogP contribution in [0.3, 0.4) is 0 Å². The van der Waals surface area contributed by atoms with Crippen LogP contribution >= 0.6 is 11.8 Å². The van der Waals surface area contributed by atoms with Gasteiger partial charge < -0.3 is 14.5 Å². The Morgan fingerprint density at radius 3 is 3.09 bits per heavy atom. The van der Waals surface area contributed by atoms with Crippen molar-refractivity contribution >= 4 is 17.7 Å². The van der Waals surface area contributed by atoms with Crippen molar-refractivity contribution in [3.05, 3.63) is 35.7 Å². The van der Waals surface area contributed by atoms with Crippen LogP contribution in [0.1, 0.15) is 17.9 Å². The number of aromatic nitrogens is 2. The number of hydrogen-bond donors (Lipinski definition) is 1. The lowest BCUT2D eigenvalue weighted by molar-refractivity contribution is -0.118. The highest BCUT2D eigenvalue weighted by Gasteiger charge is 2.18. The fraction of sp³-hybridized carbons (Fsp3) is 0.438. The molecule has 1 amide bonds. The van der Waals surface area contributed by atoms with Crippen molar-refractivity contribution in [1.29, 1.82) is 0 Å². The Bertz CT molecular complexity index is 674. The molecule has 1 atom stereocenters. The summed E-state index contributed by atoms with van der Waals surface area (Å²) in [5, 5.41) is 11.0. The third-order valence-corrected chi connectivity index (χ3v) is 4.51. The fourth-order valence-corrected chi connectivity index (χ4v) is 3.14. The second kappa shape index (κ2) is 7.50. The first-order valence-corrected chi connectivity index (χ1v) is 8.59. The molecule has 0 radical (unpaired) electrons.